The van der Waals surface area contributed by atoms with E-state index in [0.717, 1.165) is 30.4 Å². The first kappa shape index (κ1) is 10.9. The van der Waals surface area contributed by atoms with Crippen molar-refractivity contribution in [1.82, 2.24) is 4.98 Å². The monoisotopic (exact) mass is 220 g/mol. The van der Waals surface area contributed by atoms with Crippen LogP contribution in [0.1, 0.15) is 37.0 Å². The zero-order chi connectivity index (χ0) is 11.7. The van der Waals surface area contributed by atoms with Gasteiger partial charge in [-0.3, -0.25) is 9.78 Å². The first-order valence-corrected chi connectivity index (χ1v) is 5.61. The van der Waals surface area contributed by atoms with Gasteiger partial charge in [0.2, 0.25) is 0 Å². The molecule has 86 valence electrons. The van der Waals surface area contributed by atoms with Crippen LogP contribution >= 0.6 is 0 Å². The minimum atomic E-state index is -0.198. The topological polar surface area (TPSA) is 65.9 Å². The summed E-state index contributed by atoms with van der Waals surface area (Å²) in [5.41, 5.74) is 2.78. The normalized spacial score (nSPS) is 13.6. The van der Waals surface area contributed by atoms with Crippen molar-refractivity contribution in [3.63, 3.8) is 0 Å². The Balaban J connectivity index is 2.64. The van der Waals surface area contributed by atoms with E-state index in [1.54, 1.807) is 6.92 Å². The SMILES string of the molecule is CCOc1[nH]c(=O)c(C(C)=N)c2c1CCC2. The van der Waals surface area contributed by atoms with Crippen LogP contribution in [0.15, 0.2) is 4.79 Å². The second-order valence-corrected chi connectivity index (χ2v) is 4.03. The van der Waals surface area contributed by atoms with Gasteiger partial charge in [0.15, 0.2) is 5.88 Å². The number of aromatic nitrogens is 1. The van der Waals surface area contributed by atoms with Gasteiger partial charge in [0.25, 0.3) is 5.56 Å². The van der Waals surface area contributed by atoms with Crippen molar-refractivity contribution in [1.29, 1.82) is 5.41 Å². The molecule has 0 fully saturated rings. The lowest BCUT2D eigenvalue weighted by atomic mass is 10.0. The molecule has 2 rings (SSSR count). The number of rotatable bonds is 3. The number of hydrogen-bond donors (Lipinski definition) is 2. The van der Waals surface area contributed by atoms with E-state index >= 15 is 0 Å². The summed E-state index contributed by atoms with van der Waals surface area (Å²) in [6.07, 6.45) is 2.85. The number of fused-ring (bicyclic) bond motifs is 1. The predicted octanol–water partition coefficient (Wildman–Crippen LogP) is 1.65. The third-order valence-corrected chi connectivity index (χ3v) is 2.91. The Hall–Kier alpha value is -1.58. The minimum Gasteiger partial charge on any atom is -0.479 e. The lowest BCUT2D eigenvalue weighted by molar-refractivity contribution is 0.322. The average molecular weight is 220 g/mol. The van der Waals surface area contributed by atoms with Crippen molar-refractivity contribution in [2.75, 3.05) is 6.61 Å². The number of aromatic amines is 1. The maximum Gasteiger partial charge on any atom is 0.260 e. The zero-order valence-electron chi connectivity index (χ0n) is 9.64. The fourth-order valence-electron chi connectivity index (χ4n) is 2.31. The van der Waals surface area contributed by atoms with Crippen LogP contribution in [0.3, 0.4) is 0 Å². The third-order valence-electron chi connectivity index (χ3n) is 2.91. The first-order chi connectivity index (χ1) is 7.65. The summed E-state index contributed by atoms with van der Waals surface area (Å²) in [4.78, 5) is 14.6. The van der Waals surface area contributed by atoms with Crippen molar-refractivity contribution in [3.05, 3.63) is 27.0 Å². The highest BCUT2D eigenvalue weighted by Crippen LogP contribution is 2.29. The van der Waals surface area contributed by atoms with Gasteiger partial charge < -0.3 is 10.1 Å². The Bertz CT molecular complexity index is 489. The third kappa shape index (κ3) is 1.64. The highest BCUT2D eigenvalue weighted by Gasteiger charge is 2.23. The standard InChI is InChI=1S/C12H16N2O2/c1-3-16-12-9-6-4-5-8(9)10(7(2)13)11(15)14-12/h13H,3-6H2,1-2H3,(H,14,15). The van der Waals surface area contributed by atoms with Gasteiger partial charge in [-0.25, -0.2) is 0 Å². The summed E-state index contributed by atoms with van der Waals surface area (Å²) in [6, 6.07) is 0. The average Bonchev–Trinajstić information content (AvgIpc) is 2.65. The van der Waals surface area contributed by atoms with Crippen LogP contribution in [-0.2, 0) is 12.8 Å². The lowest BCUT2D eigenvalue weighted by Gasteiger charge is -2.11. The van der Waals surface area contributed by atoms with Gasteiger partial charge in [-0.2, -0.15) is 0 Å². The molecular weight excluding hydrogens is 204 g/mol. The van der Waals surface area contributed by atoms with Crippen LogP contribution in [0.5, 0.6) is 5.88 Å². The van der Waals surface area contributed by atoms with E-state index < -0.39 is 0 Å². The van der Waals surface area contributed by atoms with E-state index in [1.807, 2.05) is 6.92 Å². The second kappa shape index (κ2) is 4.12. The van der Waals surface area contributed by atoms with Crippen molar-refractivity contribution >= 4 is 5.71 Å². The van der Waals surface area contributed by atoms with Crippen molar-refractivity contribution in [3.8, 4) is 5.88 Å². The molecule has 4 nitrogen and oxygen atoms in total. The number of pyridine rings is 1. The Morgan fingerprint density at radius 3 is 2.75 bits per heavy atom. The molecule has 1 aromatic rings. The molecule has 1 aromatic heterocycles. The van der Waals surface area contributed by atoms with E-state index in [4.69, 9.17) is 10.1 Å². The van der Waals surface area contributed by atoms with Crippen LogP contribution in [0.2, 0.25) is 0 Å². The van der Waals surface area contributed by atoms with Crippen LogP contribution in [0, 0.1) is 5.41 Å². The molecule has 0 radical (unpaired) electrons. The lowest BCUT2D eigenvalue weighted by Crippen LogP contribution is -2.20. The van der Waals surface area contributed by atoms with Gasteiger partial charge in [0, 0.05) is 11.3 Å². The summed E-state index contributed by atoms with van der Waals surface area (Å²) in [6.45, 7) is 4.10. The van der Waals surface area contributed by atoms with Crippen LogP contribution in [0.25, 0.3) is 0 Å². The molecule has 1 aliphatic rings. The number of ether oxygens (including phenoxy) is 1. The van der Waals surface area contributed by atoms with Crippen molar-refractivity contribution in [2.24, 2.45) is 0 Å². The van der Waals surface area contributed by atoms with Gasteiger partial charge in [-0.1, -0.05) is 0 Å². The number of hydrogen-bond acceptors (Lipinski definition) is 3. The summed E-state index contributed by atoms with van der Waals surface area (Å²) < 4.78 is 5.44. The highest BCUT2D eigenvalue weighted by atomic mass is 16.5. The molecule has 0 aromatic carbocycles. The number of nitrogens with one attached hydrogen (secondary N) is 2. The molecule has 0 bridgehead atoms. The molecular formula is C12H16N2O2. The Morgan fingerprint density at radius 2 is 2.12 bits per heavy atom. The summed E-state index contributed by atoms with van der Waals surface area (Å²) >= 11 is 0. The van der Waals surface area contributed by atoms with E-state index in [0.29, 0.717) is 23.8 Å². The van der Waals surface area contributed by atoms with E-state index in [-0.39, 0.29) is 5.56 Å². The molecule has 0 saturated carbocycles. The Kier molecular flexibility index (Phi) is 2.81. The van der Waals surface area contributed by atoms with Crippen LogP contribution < -0.4 is 10.3 Å². The summed E-state index contributed by atoms with van der Waals surface area (Å²) in [7, 11) is 0. The van der Waals surface area contributed by atoms with Gasteiger partial charge in [-0.05, 0) is 38.7 Å². The van der Waals surface area contributed by atoms with E-state index in [2.05, 4.69) is 4.98 Å². The van der Waals surface area contributed by atoms with Crippen LogP contribution in [0.4, 0.5) is 0 Å². The fraction of sp³-hybridized carbons (Fsp3) is 0.500. The summed E-state index contributed by atoms with van der Waals surface area (Å²) in [5.74, 6) is 0.602. The van der Waals surface area contributed by atoms with Gasteiger partial charge in [0.05, 0.1) is 12.2 Å². The zero-order valence-corrected chi connectivity index (χ0v) is 9.64. The molecule has 0 unspecified atom stereocenters. The van der Waals surface area contributed by atoms with Gasteiger partial charge >= 0.3 is 0 Å². The predicted molar refractivity (Wildman–Crippen MR) is 62.8 cm³/mol. The molecule has 0 saturated heterocycles. The van der Waals surface area contributed by atoms with E-state index in [9.17, 15) is 4.79 Å². The minimum absolute atomic E-state index is 0.198. The summed E-state index contributed by atoms with van der Waals surface area (Å²) in [5, 5.41) is 7.66. The fourth-order valence-corrected chi connectivity index (χ4v) is 2.31. The molecule has 0 atom stereocenters. The molecule has 0 amide bonds. The molecule has 16 heavy (non-hydrogen) atoms. The molecule has 4 heteroatoms. The van der Waals surface area contributed by atoms with Crippen LogP contribution in [-0.4, -0.2) is 17.3 Å². The maximum absolute atomic E-state index is 11.8. The first-order valence-electron chi connectivity index (χ1n) is 5.61. The van der Waals surface area contributed by atoms with Gasteiger partial charge in [-0.15, -0.1) is 0 Å². The van der Waals surface area contributed by atoms with Crippen molar-refractivity contribution in [2.45, 2.75) is 33.1 Å². The second-order valence-electron chi connectivity index (χ2n) is 4.03. The smallest absolute Gasteiger partial charge is 0.260 e. The molecule has 1 aliphatic carbocycles. The quantitative estimate of drug-likeness (QED) is 0.761. The Labute approximate surface area is 94.2 Å². The largest absolute Gasteiger partial charge is 0.479 e. The molecule has 0 aliphatic heterocycles. The molecule has 2 N–H and O–H groups in total. The van der Waals surface area contributed by atoms with E-state index in [1.165, 1.54) is 0 Å². The van der Waals surface area contributed by atoms with Crippen molar-refractivity contribution < 1.29 is 4.74 Å². The maximum atomic E-state index is 11.8. The Morgan fingerprint density at radius 1 is 1.44 bits per heavy atom. The molecule has 1 heterocycles. The van der Waals surface area contributed by atoms with Gasteiger partial charge in [0.1, 0.15) is 0 Å². The highest BCUT2D eigenvalue weighted by molar-refractivity contribution is 5.97. The number of H-pyrrole nitrogens is 1. The molecule has 0 spiro atoms.